The van der Waals surface area contributed by atoms with Crippen molar-refractivity contribution in [1.29, 1.82) is 0 Å². The first-order chi connectivity index (χ1) is 5.97. The summed E-state index contributed by atoms with van der Waals surface area (Å²) in [5.74, 6) is 1.08. The Bertz CT molecular complexity index is 257. The Morgan fingerprint density at radius 1 is 1.38 bits per heavy atom. The lowest BCUT2D eigenvalue weighted by Crippen LogP contribution is -2.30. The minimum atomic E-state index is -0.0300. The Kier molecular flexibility index (Phi) is 1.88. The molecule has 2 bridgehead atoms. The van der Waals surface area contributed by atoms with E-state index in [1.807, 2.05) is 0 Å². The van der Waals surface area contributed by atoms with E-state index < -0.39 is 0 Å². The van der Waals surface area contributed by atoms with Crippen LogP contribution in [0.1, 0.15) is 27.2 Å². The number of hydrogen-bond acceptors (Lipinski definition) is 1. The first-order valence-electron chi connectivity index (χ1n) is 5.01. The van der Waals surface area contributed by atoms with E-state index in [0.29, 0.717) is 17.9 Å². The molecule has 0 aromatic heterocycles. The first-order valence-corrected chi connectivity index (χ1v) is 5.01. The summed E-state index contributed by atoms with van der Waals surface area (Å²) in [5.41, 5.74) is 1.32. The van der Waals surface area contributed by atoms with Crippen LogP contribution < -0.4 is 0 Å². The van der Waals surface area contributed by atoms with Crippen LogP contribution in [0.25, 0.3) is 0 Å². The van der Waals surface area contributed by atoms with Crippen LogP contribution >= 0.6 is 0 Å². The minimum absolute atomic E-state index is 0.0300. The molecule has 0 amide bonds. The maximum absolute atomic E-state index is 6.03. The Balaban J connectivity index is 2.09. The molecule has 0 aromatic carbocycles. The highest BCUT2D eigenvalue weighted by Gasteiger charge is 2.42. The fourth-order valence-corrected chi connectivity index (χ4v) is 2.31. The van der Waals surface area contributed by atoms with Crippen LogP contribution in [0.3, 0.4) is 0 Å². The Morgan fingerprint density at radius 2 is 2.08 bits per heavy atom. The largest absolute Gasteiger partial charge is 0.371 e. The van der Waals surface area contributed by atoms with Crippen molar-refractivity contribution in [3.05, 3.63) is 24.3 Å². The van der Waals surface area contributed by atoms with Gasteiger partial charge in [0, 0.05) is 11.8 Å². The van der Waals surface area contributed by atoms with E-state index in [2.05, 4.69) is 39.5 Å². The van der Waals surface area contributed by atoms with Crippen molar-refractivity contribution in [3.8, 4) is 0 Å². The zero-order chi connectivity index (χ0) is 9.64. The average molecular weight is 178 g/mol. The molecule has 2 rings (SSSR count). The van der Waals surface area contributed by atoms with E-state index in [0.717, 1.165) is 6.42 Å². The average Bonchev–Trinajstić information content (AvgIpc) is 2.42. The van der Waals surface area contributed by atoms with E-state index >= 15 is 0 Å². The van der Waals surface area contributed by atoms with Gasteiger partial charge in [0.25, 0.3) is 0 Å². The van der Waals surface area contributed by atoms with Gasteiger partial charge in [0.2, 0.25) is 0 Å². The number of fused-ring (bicyclic) bond motifs is 2. The second-order valence-corrected chi connectivity index (χ2v) is 5.13. The van der Waals surface area contributed by atoms with Crippen molar-refractivity contribution >= 4 is 0 Å². The molecule has 13 heavy (non-hydrogen) atoms. The second kappa shape index (κ2) is 2.71. The van der Waals surface area contributed by atoms with Crippen molar-refractivity contribution in [1.82, 2.24) is 0 Å². The molecule has 0 aromatic rings. The van der Waals surface area contributed by atoms with Crippen LogP contribution in [-0.4, -0.2) is 11.7 Å². The van der Waals surface area contributed by atoms with Crippen LogP contribution in [0.5, 0.6) is 0 Å². The van der Waals surface area contributed by atoms with Gasteiger partial charge in [-0.1, -0.05) is 24.3 Å². The first kappa shape index (κ1) is 9.01. The van der Waals surface area contributed by atoms with E-state index in [1.54, 1.807) is 0 Å². The minimum Gasteiger partial charge on any atom is -0.371 e. The second-order valence-electron chi connectivity index (χ2n) is 5.13. The maximum atomic E-state index is 6.03. The summed E-state index contributed by atoms with van der Waals surface area (Å²) in [7, 11) is 0. The summed E-state index contributed by atoms with van der Waals surface area (Å²) in [6.45, 7) is 10.4. The molecule has 1 fully saturated rings. The highest BCUT2D eigenvalue weighted by atomic mass is 16.5. The molecule has 1 saturated carbocycles. The van der Waals surface area contributed by atoms with E-state index in [1.165, 1.54) is 5.57 Å². The molecule has 0 aliphatic heterocycles. The highest BCUT2D eigenvalue weighted by molar-refractivity contribution is 5.29. The standard InChI is InChI=1S/C12H18O/c1-8-7-9-5-6-10(8)11(9)13-12(2,3)4/h5-6,9-11H,1,7H2,2-4H3/t9-,10+,11+/m1/s1. The normalized spacial score (nSPS) is 37.5. The lowest BCUT2D eigenvalue weighted by molar-refractivity contribution is -0.0736. The monoisotopic (exact) mass is 178 g/mol. The summed E-state index contributed by atoms with van der Waals surface area (Å²) >= 11 is 0. The summed E-state index contributed by atoms with van der Waals surface area (Å²) in [5, 5.41) is 0. The quantitative estimate of drug-likeness (QED) is 0.561. The molecule has 1 heteroatoms. The molecule has 0 N–H and O–H groups in total. The predicted octanol–water partition coefficient (Wildman–Crippen LogP) is 2.93. The van der Waals surface area contributed by atoms with Crippen LogP contribution in [0.2, 0.25) is 0 Å². The van der Waals surface area contributed by atoms with E-state index in [-0.39, 0.29) is 5.60 Å². The van der Waals surface area contributed by atoms with Crippen molar-refractivity contribution in [3.63, 3.8) is 0 Å². The SMILES string of the molecule is C=C1C[C@H]2C=C[C@@H]1[C@H]2OC(C)(C)C. The third-order valence-electron chi connectivity index (χ3n) is 2.80. The van der Waals surface area contributed by atoms with Crippen molar-refractivity contribution in [2.75, 3.05) is 0 Å². The van der Waals surface area contributed by atoms with Gasteiger partial charge in [-0.15, -0.1) is 0 Å². The molecule has 0 radical (unpaired) electrons. The summed E-state index contributed by atoms with van der Waals surface area (Å²) in [6.07, 6.45) is 6.04. The van der Waals surface area contributed by atoms with Gasteiger partial charge in [-0.05, 0) is 27.2 Å². The predicted molar refractivity (Wildman–Crippen MR) is 54.5 cm³/mol. The zero-order valence-corrected chi connectivity index (χ0v) is 8.71. The fraction of sp³-hybridized carbons (Fsp3) is 0.667. The lowest BCUT2D eigenvalue weighted by Gasteiger charge is -2.27. The molecular weight excluding hydrogens is 160 g/mol. The van der Waals surface area contributed by atoms with Crippen LogP contribution in [-0.2, 0) is 4.74 Å². The number of rotatable bonds is 1. The van der Waals surface area contributed by atoms with Gasteiger partial charge < -0.3 is 4.74 Å². The van der Waals surface area contributed by atoms with Gasteiger partial charge in [-0.3, -0.25) is 0 Å². The molecular formula is C12H18O. The van der Waals surface area contributed by atoms with E-state index in [4.69, 9.17) is 4.74 Å². The molecule has 72 valence electrons. The lowest BCUT2D eigenvalue weighted by atomic mass is 10.0. The molecule has 0 saturated heterocycles. The van der Waals surface area contributed by atoms with Gasteiger partial charge in [-0.2, -0.15) is 0 Å². The van der Waals surface area contributed by atoms with Crippen LogP contribution in [0.15, 0.2) is 24.3 Å². The topological polar surface area (TPSA) is 9.23 Å². The molecule has 0 heterocycles. The Labute approximate surface area is 80.5 Å². The third kappa shape index (κ3) is 1.58. The summed E-state index contributed by atoms with van der Waals surface area (Å²) in [6, 6.07) is 0. The van der Waals surface area contributed by atoms with Crippen LogP contribution in [0, 0.1) is 11.8 Å². The van der Waals surface area contributed by atoms with Gasteiger partial charge in [0.15, 0.2) is 0 Å². The van der Waals surface area contributed by atoms with Gasteiger partial charge in [-0.25, -0.2) is 0 Å². The Hall–Kier alpha value is -0.560. The van der Waals surface area contributed by atoms with Crippen LogP contribution in [0.4, 0.5) is 0 Å². The molecule has 1 nitrogen and oxygen atoms in total. The van der Waals surface area contributed by atoms with Gasteiger partial charge >= 0.3 is 0 Å². The van der Waals surface area contributed by atoms with Gasteiger partial charge in [0.1, 0.15) is 0 Å². The van der Waals surface area contributed by atoms with Crippen molar-refractivity contribution in [2.45, 2.75) is 38.9 Å². The molecule has 3 atom stereocenters. The summed E-state index contributed by atoms with van der Waals surface area (Å²) in [4.78, 5) is 0. The molecule has 0 spiro atoms. The molecule has 2 aliphatic carbocycles. The summed E-state index contributed by atoms with van der Waals surface area (Å²) < 4.78 is 6.03. The number of hydrogen-bond donors (Lipinski definition) is 0. The molecule has 2 aliphatic rings. The van der Waals surface area contributed by atoms with E-state index in [9.17, 15) is 0 Å². The van der Waals surface area contributed by atoms with Crippen molar-refractivity contribution < 1.29 is 4.74 Å². The fourth-order valence-electron chi connectivity index (χ4n) is 2.31. The third-order valence-corrected chi connectivity index (χ3v) is 2.80. The zero-order valence-electron chi connectivity index (χ0n) is 8.71. The van der Waals surface area contributed by atoms with Crippen molar-refractivity contribution in [2.24, 2.45) is 11.8 Å². The number of ether oxygens (including phenoxy) is 1. The molecule has 0 unspecified atom stereocenters. The smallest absolute Gasteiger partial charge is 0.0747 e. The van der Waals surface area contributed by atoms with Gasteiger partial charge in [0.05, 0.1) is 11.7 Å². The highest BCUT2D eigenvalue weighted by Crippen LogP contribution is 2.45. The Morgan fingerprint density at radius 3 is 2.46 bits per heavy atom. The maximum Gasteiger partial charge on any atom is 0.0747 e.